The van der Waals surface area contributed by atoms with Gasteiger partial charge in [0, 0.05) is 21.4 Å². The summed E-state index contributed by atoms with van der Waals surface area (Å²) in [6, 6.07) is 51.4. The Balaban J connectivity index is 1.44. The van der Waals surface area contributed by atoms with Gasteiger partial charge < -0.3 is 4.57 Å². The Labute approximate surface area is 227 Å². The Hall–Kier alpha value is -4.59. The molecule has 2 heteroatoms. The molecule has 0 saturated carbocycles. The maximum Gasteiger partial charge on any atom is 0.0541 e. The lowest BCUT2D eigenvalue weighted by Crippen LogP contribution is -1.98. The molecule has 1 heterocycles. The second kappa shape index (κ2) is 9.37. The topological polar surface area (TPSA) is 4.93 Å². The van der Waals surface area contributed by atoms with Crippen LogP contribution in [0.2, 0.25) is 5.02 Å². The van der Waals surface area contributed by atoms with E-state index >= 15 is 0 Å². The number of aromatic nitrogens is 1. The minimum Gasteiger partial charge on any atom is -0.309 e. The van der Waals surface area contributed by atoms with Crippen molar-refractivity contribution in [2.24, 2.45) is 0 Å². The number of rotatable bonds is 4. The maximum atomic E-state index is 6.57. The van der Waals surface area contributed by atoms with Crippen LogP contribution in [0, 0.1) is 0 Å². The van der Waals surface area contributed by atoms with Crippen molar-refractivity contribution < 1.29 is 0 Å². The van der Waals surface area contributed by atoms with Crippen LogP contribution in [0.1, 0.15) is 0 Å². The van der Waals surface area contributed by atoms with Gasteiger partial charge in [0.2, 0.25) is 0 Å². The SMILES string of the molecule is Clc1ccc(-c2ccccc2-n2c3ccccc3c3ccccc32)c(-c2ccc(-c3ccccc3)cc2)c1. The number of hydrogen-bond acceptors (Lipinski definition) is 0. The molecule has 0 amide bonds. The standard InChI is InChI=1S/C36H24ClN/c37-28-22-23-29(33(24-28)27-20-18-26(19-21-27)25-10-2-1-3-11-25)30-12-4-7-15-34(30)38-35-16-8-5-13-31(35)32-14-6-9-17-36(32)38/h1-24H. The number of fused-ring (bicyclic) bond motifs is 3. The fraction of sp³-hybridized carbons (Fsp3) is 0. The molecule has 0 spiro atoms. The van der Waals surface area contributed by atoms with Crippen molar-refractivity contribution >= 4 is 33.4 Å². The smallest absolute Gasteiger partial charge is 0.0541 e. The molecule has 0 radical (unpaired) electrons. The van der Waals surface area contributed by atoms with Crippen molar-refractivity contribution in [1.82, 2.24) is 4.57 Å². The Bertz CT molecular complexity index is 1860. The van der Waals surface area contributed by atoms with Gasteiger partial charge in [0.25, 0.3) is 0 Å². The summed E-state index contributed by atoms with van der Waals surface area (Å²) in [6.07, 6.45) is 0. The highest BCUT2D eigenvalue weighted by Crippen LogP contribution is 2.40. The molecule has 0 N–H and O–H groups in total. The van der Waals surface area contributed by atoms with Crippen LogP contribution in [0.4, 0.5) is 0 Å². The molecular formula is C36H24ClN. The molecule has 6 aromatic carbocycles. The first-order valence-electron chi connectivity index (χ1n) is 12.8. The molecule has 1 nitrogen and oxygen atoms in total. The predicted molar refractivity (Wildman–Crippen MR) is 162 cm³/mol. The molecule has 0 aliphatic rings. The van der Waals surface area contributed by atoms with Crippen molar-refractivity contribution in [1.29, 1.82) is 0 Å². The zero-order valence-electron chi connectivity index (χ0n) is 20.7. The van der Waals surface area contributed by atoms with Crippen molar-refractivity contribution in [2.75, 3.05) is 0 Å². The van der Waals surface area contributed by atoms with Gasteiger partial charge >= 0.3 is 0 Å². The molecule has 0 bridgehead atoms. The summed E-state index contributed by atoms with van der Waals surface area (Å²) in [4.78, 5) is 0. The van der Waals surface area contributed by atoms with Crippen LogP contribution >= 0.6 is 11.6 Å². The highest BCUT2D eigenvalue weighted by molar-refractivity contribution is 6.31. The van der Waals surface area contributed by atoms with Gasteiger partial charge in [-0.15, -0.1) is 0 Å². The van der Waals surface area contributed by atoms with Crippen molar-refractivity contribution in [3.8, 4) is 39.1 Å². The summed E-state index contributed by atoms with van der Waals surface area (Å²) in [7, 11) is 0. The van der Waals surface area contributed by atoms with E-state index in [9.17, 15) is 0 Å². The van der Waals surface area contributed by atoms with Crippen LogP contribution in [0.15, 0.2) is 146 Å². The van der Waals surface area contributed by atoms with Crippen molar-refractivity contribution in [3.05, 3.63) is 151 Å². The monoisotopic (exact) mass is 505 g/mol. The van der Waals surface area contributed by atoms with E-state index in [2.05, 4.69) is 138 Å². The first kappa shape index (κ1) is 22.6. The van der Waals surface area contributed by atoms with Crippen molar-refractivity contribution in [3.63, 3.8) is 0 Å². The quantitative estimate of drug-likeness (QED) is 0.224. The second-order valence-electron chi connectivity index (χ2n) is 9.52. The average molecular weight is 506 g/mol. The van der Waals surface area contributed by atoms with E-state index < -0.39 is 0 Å². The molecule has 7 rings (SSSR count). The number of benzene rings is 6. The Morgan fingerprint density at radius 2 is 0.947 bits per heavy atom. The summed E-state index contributed by atoms with van der Waals surface area (Å²) in [6.45, 7) is 0. The summed E-state index contributed by atoms with van der Waals surface area (Å²) in [5.41, 5.74) is 10.5. The Kier molecular flexibility index (Phi) is 5.57. The molecule has 0 fully saturated rings. The lowest BCUT2D eigenvalue weighted by Gasteiger charge is -2.17. The summed E-state index contributed by atoms with van der Waals surface area (Å²) < 4.78 is 2.39. The molecular weight excluding hydrogens is 482 g/mol. The summed E-state index contributed by atoms with van der Waals surface area (Å²) >= 11 is 6.57. The number of para-hydroxylation sites is 3. The molecule has 1 aromatic heterocycles. The molecule has 0 unspecified atom stereocenters. The van der Waals surface area contributed by atoms with Crippen LogP contribution in [0.25, 0.3) is 60.9 Å². The minimum absolute atomic E-state index is 0.727. The maximum absolute atomic E-state index is 6.57. The van der Waals surface area contributed by atoms with E-state index in [0.29, 0.717) is 0 Å². The van der Waals surface area contributed by atoms with Gasteiger partial charge in [-0.1, -0.05) is 127 Å². The molecule has 0 saturated heterocycles. The second-order valence-corrected chi connectivity index (χ2v) is 9.96. The summed E-state index contributed by atoms with van der Waals surface area (Å²) in [5.74, 6) is 0. The fourth-order valence-corrected chi connectivity index (χ4v) is 5.71. The van der Waals surface area contributed by atoms with E-state index in [4.69, 9.17) is 11.6 Å². The van der Waals surface area contributed by atoms with Gasteiger partial charge in [-0.3, -0.25) is 0 Å². The minimum atomic E-state index is 0.727. The molecule has 0 aliphatic heterocycles. The Morgan fingerprint density at radius 3 is 1.66 bits per heavy atom. The van der Waals surface area contributed by atoms with Gasteiger partial charge in [-0.05, 0) is 58.1 Å². The van der Waals surface area contributed by atoms with E-state index in [1.165, 1.54) is 32.9 Å². The van der Waals surface area contributed by atoms with E-state index in [-0.39, 0.29) is 0 Å². The van der Waals surface area contributed by atoms with Gasteiger partial charge in [0.1, 0.15) is 0 Å². The third-order valence-corrected chi connectivity index (χ3v) is 7.53. The molecule has 180 valence electrons. The van der Waals surface area contributed by atoms with Crippen LogP contribution < -0.4 is 0 Å². The van der Waals surface area contributed by atoms with Crippen molar-refractivity contribution in [2.45, 2.75) is 0 Å². The summed E-state index contributed by atoms with van der Waals surface area (Å²) in [5, 5.41) is 3.24. The lowest BCUT2D eigenvalue weighted by molar-refractivity contribution is 1.18. The molecule has 0 atom stereocenters. The predicted octanol–water partition coefficient (Wildman–Crippen LogP) is 10.4. The normalized spacial score (nSPS) is 11.3. The molecule has 38 heavy (non-hydrogen) atoms. The van der Waals surface area contributed by atoms with Gasteiger partial charge in [0.15, 0.2) is 0 Å². The van der Waals surface area contributed by atoms with Crippen LogP contribution in [0.5, 0.6) is 0 Å². The van der Waals surface area contributed by atoms with Crippen LogP contribution in [-0.4, -0.2) is 4.57 Å². The van der Waals surface area contributed by atoms with Gasteiger partial charge in [-0.2, -0.15) is 0 Å². The number of hydrogen-bond donors (Lipinski definition) is 0. The first-order valence-corrected chi connectivity index (χ1v) is 13.2. The largest absolute Gasteiger partial charge is 0.309 e. The van der Waals surface area contributed by atoms with Crippen LogP contribution in [-0.2, 0) is 0 Å². The number of halogens is 1. The van der Waals surface area contributed by atoms with E-state index in [0.717, 1.165) is 33.0 Å². The van der Waals surface area contributed by atoms with E-state index in [1.54, 1.807) is 0 Å². The van der Waals surface area contributed by atoms with Gasteiger partial charge in [-0.25, -0.2) is 0 Å². The van der Waals surface area contributed by atoms with Gasteiger partial charge in [0.05, 0.1) is 16.7 Å². The highest BCUT2D eigenvalue weighted by Gasteiger charge is 2.17. The number of nitrogens with zero attached hydrogens (tertiary/aromatic N) is 1. The molecule has 0 aliphatic carbocycles. The first-order chi connectivity index (χ1) is 18.8. The van der Waals surface area contributed by atoms with E-state index in [1.807, 2.05) is 12.1 Å². The zero-order chi connectivity index (χ0) is 25.5. The Morgan fingerprint density at radius 1 is 0.395 bits per heavy atom. The lowest BCUT2D eigenvalue weighted by atomic mass is 9.92. The molecule has 7 aromatic rings. The fourth-order valence-electron chi connectivity index (χ4n) is 5.54. The van der Waals surface area contributed by atoms with Crippen LogP contribution in [0.3, 0.4) is 0 Å². The average Bonchev–Trinajstić information content (AvgIpc) is 3.32. The third-order valence-electron chi connectivity index (χ3n) is 7.30. The third kappa shape index (κ3) is 3.80. The zero-order valence-corrected chi connectivity index (χ0v) is 21.4. The highest BCUT2D eigenvalue weighted by atomic mass is 35.5.